The number of anilines is 2. The molecular weight excluding hydrogens is 288 g/mol. The van der Waals surface area contributed by atoms with Crippen LogP contribution >= 0.6 is 11.6 Å². The number of rotatable bonds is 6. The second-order valence-electron chi connectivity index (χ2n) is 4.84. The molecule has 0 spiro atoms. The van der Waals surface area contributed by atoms with Gasteiger partial charge in [-0.1, -0.05) is 29.8 Å². The van der Waals surface area contributed by atoms with Gasteiger partial charge >= 0.3 is 0 Å². The Labute approximate surface area is 129 Å². The summed E-state index contributed by atoms with van der Waals surface area (Å²) in [7, 11) is 3.63. The molecule has 0 aliphatic heterocycles. The van der Waals surface area contributed by atoms with E-state index < -0.39 is 0 Å². The van der Waals surface area contributed by atoms with Crippen molar-refractivity contribution in [1.82, 2.24) is 9.78 Å². The van der Waals surface area contributed by atoms with Crippen LogP contribution in [0.1, 0.15) is 6.42 Å². The van der Waals surface area contributed by atoms with Gasteiger partial charge in [-0.25, -0.2) is 4.68 Å². The third kappa shape index (κ3) is 3.98. The van der Waals surface area contributed by atoms with Gasteiger partial charge in [0.2, 0.25) is 0 Å². The molecule has 112 valence electrons. The second kappa shape index (κ2) is 7.13. The Morgan fingerprint density at radius 3 is 2.76 bits per heavy atom. The topological polar surface area (TPSA) is 50.2 Å². The highest BCUT2D eigenvalue weighted by atomic mass is 35.5. The SMILES string of the molecule is CN(CCCNc1cnn(C)c(=O)c1Cl)c1ccccc1. The van der Waals surface area contributed by atoms with E-state index in [-0.39, 0.29) is 10.6 Å². The van der Waals surface area contributed by atoms with Crippen molar-refractivity contribution in [3.8, 4) is 0 Å². The third-order valence-corrected chi connectivity index (χ3v) is 3.63. The number of para-hydroxylation sites is 1. The van der Waals surface area contributed by atoms with E-state index in [0.29, 0.717) is 5.69 Å². The molecular formula is C15H19ClN4O. The van der Waals surface area contributed by atoms with Crippen molar-refractivity contribution in [2.75, 3.05) is 30.4 Å². The summed E-state index contributed by atoms with van der Waals surface area (Å²) in [5, 5.41) is 7.29. The Morgan fingerprint density at radius 2 is 2.05 bits per heavy atom. The molecule has 1 aromatic carbocycles. The number of hydrogen-bond donors (Lipinski definition) is 1. The highest BCUT2D eigenvalue weighted by molar-refractivity contribution is 6.32. The maximum atomic E-state index is 11.6. The average molecular weight is 307 g/mol. The van der Waals surface area contributed by atoms with Crippen LogP contribution in [0.4, 0.5) is 11.4 Å². The zero-order valence-electron chi connectivity index (χ0n) is 12.2. The van der Waals surface area contributed by atoms with Crippen molar-refractivity contribution in [3.63, 3.8) is 0 Å². The predicted molar refractivity (Wildman–Crippen MR) is 87.3 cm³/mol. The number of aromatic nitrogens is 2. The largest absolute Gasteiger partial charge is 0.382 e. The molecule has 0 amide bonds. The Hall–Kier alpha value is -2.01. The Morgan fingerprint density at radius 1 is 1.33 bits per heavy atom. The molecule has 0 bridgehead atoms. The maximum absolute atomic E-state index is 11.6. The first-order valence-electron chi connectivity index (χ1n) is 6.81. The molecule has 2 aromatic rings. The van der Waals surface area contributed by atoms with Gasteiger partial charge < -0.3 is 10.2 Å². The van der Waals surface area contributed by atoms with Crippen molar-refractivity contribution >= 4 is 23.0 Å². The lowest BCUT2D eigenvalue weighted by molar-refractivity contribution is 0.707. The molecule has 0 aliphatic rings. The number of nitrogens with one attached hydrogen (secondary N) is 1. The Balaban J connectivity index is 1.83. The van der Waals surface area contributed by atoms with Crippen molar-refractivity contribution in [2.24, 2.45) is 7.05 Å². The average Bonchev–Trinajstić information content (AvgIpc) is 2.51. The molecule has 5 nitrogen and oxygen atoms in total. The first-order valence-corrected chi connectivity index (χ1v) is 7.19. The van der Waals surface area contributed by atoms with Gasteiger partial charge in [-0.15, -0.1) is 0 Å². The smallest absolute Gasteiger partial charge is 0.287 e. The van der Waals surface area contributed by atoms with Crippen LogP contribution < -0.4 is 15.8 Å². The van der Waals surface area contributed by atoms with E-state index in [2.05, 4.69) is 34.5 Å². The van der Waals surface area contributed by atoms with Gasteiger partial charge in [-0.3, -0.25) is 4.79 Å². The second-order valence-corrected chi connectivity index (χ2v) is 5.22. The van der Waals surface area contributed by atoms with Gasteiger partial charge in [0.1, 0.15) is 5.02 Å². The van der Waals surface area contributed by atoms with Crippen LogP contribution in [-0.4, -0.2) is 29.9 Å². The minimum Gasteiger partial charge on any atom is -0.382 e. The lowest BCUT2D eigenvalue weighted by atomic mass is 10.3. The molecule has 0 saturated heterocycles. The van der Waals surface area contributed by atoms with Crippen LogP contribution in [0.3, 0.4) is 0 Å². The molecule has 0 radical (unpaired) electrons. The number of aryl methyl sites for hydroxylation is 1. The van der Waals surface area contributed by atoms with Crippen LogP contribution in [0.2, 0.25) is 5.02 Å². The first-order chi connectivity index (χ1) is 10.1. The van der Waals surface area contributed by atoms with E-state index in [1.54, 1.807) is 13.2 Å². The van der Waals surface area contributed by atoms with E-state index >= 15 is 0 Å². The predicted octanol–water partition coefficient (Wildman–Crippen LogP) is 2.37. The lowest BCUT2D eigenvalue weighted by Gasteiger charge is -2.19. The fraction of sp³-hybridized carbons (Fsp3) is 0.333. The van der Waals surface area contributed by atoms with Gasteiger partial charge in [0, 0.05) is 32.9 Å². The number of nitrogens with zero attached hydrogens (tertiary/aromatic N) is 3. The zero-order chi connectivity index (χ0) is 15.2. The van der Waals surface area contributed by atoms with Crippen molar-refractivity contribution < 1.29 is 0 Å². The lowest BCUT2D eigenvalue weighted by Crippen LogP contribution is -2.23. The van der Waals surface area contributed by atoms with Crippen molar-refractivity contribution in [3.05, 3.63) is 51.9 Å². The molecule has 1 aromatic heterocycles. The summed E-state index contributed by atoms with van der Waals surface area (Å²) in [4.78, 5) is 13.8. The highest BCUT2D eigenvalue weighted by Gasteiger charge is 2.06. The monoisotopic (exact) mass is 306 g/mol. The maximum Gasteiger partial charge on any atom is 0.287 e. The van der Waals surface area contributed by atoms with Crippen LogP contribution in [0.25, 0.3) is 0 Å². The van der Waals surface area contributed by atoms with Crippen LogP contribution in [0.5, 0.6) is 0 Å². The molecule has 6 heteroatoms. The summed E-state index contributed by atoms with van der Waals surface area (Å²) in [6.45, 7) is 1.64. The summed E-state index contributed by atoms with van der Waals surface area (Å²) >= 11 is 5.99. The van der Waals surface area contributed by atoms with Crippen molar-refractivity contribution in [1.29, 1.82) is 0 Å². The standard InChI is InChI=1S/C15H19ClN4O/c1-19(12-7-4-3-5-8-12)10-6-9-17-13-11-18-20(2)15(21)14(13)16/h3-5,7-8,11,17H,6,9-10H2,1-2H3. The molecule has 21 heavy (non-hydrogen) atoms. The molecule has 2 rings (SSSR count). The number of benzene rings is 1. The summed E-state index contributed by atoms with van der Waals surface area (Å²) in [6, 6.07) is 10.2. The molecule has 1 heterocycles. The molecule has 0 saturated carbocycles. The van der Waals surface area contributed by atoms with E-state index in [1.165, 1.54) is 10.4 Å². The fourth-order valence-corrected chi connectivity index (χ4v) is 2.22. The van der Waals surface area contributed by atoms with E-state index in [9.17, 15) is 4.79 Å². The van der Waals surface area contributed by atoms with Gasteiger partial charge in [-0.05, 0) is 18.6 Å². The van der Waals surface area contributed by atoms with Gasteiger partial charge in [0.25, 0.3) is 5.56 Å². The molecule has 0 aliphatic carbocycles. The minimum absolute atomic E-state index is 0.184. The van der Waals surface area contributed by atoms with E-state index in [4.69, 9.17) is 11.6 Å². The quantitative estimate of drug-likeness (QED) is 0.833. The number of halogens is 1. The van der Waals surface area contributed by atoms with Crippen molar-refractivity contribution in [2.45, 2.75) is 6.42 Å². The van der Waals surface area contributed by atoms with Crippen LogP contribution in [0, 0.1) is 0 Å². The first kappa shape index (κ1) is 15.4. The highest BCUT2D eigenvalue weighted by Crippen LogP contribution is 2.15. The molecule has 0 atom stereocenters. The van der Waals surface area contributed by atoms with E-state index in [0.717, 1.165) is 19.5 Å². The minimum atomic E-state index is -0.289. The van der Waals surface area contributed by atoms with Gasteiger partial charge in [-0.2, -0.15) is 5.10 Å². The summed E-state index contributed by atoms with van der Waals surface area (Å²) < 4.78 is 1.22. The summed E-state index contributed by atoms with van der Waals surface area (Å²) in [5.74, 6) is 0. The Bertz CT molecular complexity index is 642. The Kier molecular flexibility index (Phi) is 5.22. The van der Waals surface area contributed by atoms with Gasteiger partial charge in [0.15, 0.2) is 0 Å². The van der Waals surface area contributed by atoms with Crippen LogP contribution in [-0.2, 0) is 7.05 Å². The van der Waals surface area contributed by atoms with E-state index in [1.807, 2.05) is 18.2 Å². The third-order valence-electron chi connectivity index (χ3n) is 3.26. The fourth-order valence-electron chi connectivity index (χ4n) is 1.98. The number of hydrogen-bond acceptors (Lipinski definition) is 4. The summed E-state index contributed by atoms with van der Waals surface area (Å²) in [6.07, 6.45) is 2.50. The zero-order valence-corrected chi connectivity index (χ0v) is 13.0. The normalized spacial score (nSPS) is 10.4. The molecule has 1 N–H and O–H groups in total. The molecule has 0 unspecified atom stereocenters. The van der Waals surface area contributed by atoms with Gasteiger partial charge in [0.05, 0.1) is 11.9 Å². The van der Waals surface area contributed by atoms with Crippen LogP contribution in [0.15, 0.2) is 41.3 Å². The summed E-state index contributed by atoms with van der Waals surface area (Å²) in [5.41, 5.74) is 1.48. The molecule has 0 fully saturated rings.